The van der Waals surface area contributed by atoms with Gasteiger partial charge in [-0.15, -0.1) is 11.3 Å². The molecule has 0 aromatic carbocycles. The Kier molecular flexibility index (Phi) is 7.01. The Balaban J connectivity index is 1.96. The molecule has 15 heavy (non-hydrogen) atoms. The lowest BCUT2D eigenvalue weighted by Gasteiger charge is -2.03. The zero-order valence-corrected chi connectivity index (χ0v) is 10.7. The monoisotopic (exact) mass is 247 g/mol. The summed E-state index contributed by atoms with van der Waals surface area (Å²) in [5.41, 5.74) is 0. The molecule has 0 fully saturated rings. The molecule has 0 bridgehead atoms. The van der Waals surface area contributed by atoms with Gasteiger partial charge in [-0.2, -0.15) is 0 Å². The van der Waals surface area contributed by atoms with Gasteiger partial charge in [-0.05, 0) is 37.3 Å². The number of hydrogen-bond acceptors (Lipinski definition) is 3. The Morgan fingerprint density at radius 3 is 2.93 bits per heavy atom. The van der Waals surface area contributed by atoms with Gasteiger partial charge in [-0.1, -0.05) is 11.6 Å². The van der Waals surface area contributed by atoms with Crippen LogP contribution in [0.2, 0.25) is 5.02 Å². The molecule has 0 spiro atoms. The number of hydrogen-bond donors (Lipinski definition) is 1. The number of nitrogens with one attached hydrogen (secondary N) is 1. The van der Waals surface area contributed by atoms with Crippen LogP contribution in [0, 0.1) is 0 Å². The van der Waals surface area contributed by atoms with E-state index in [1.807, 2.05) is 6.07 Å². The standard InChI is InChI=1S/C11H18ClNOS/c1-14-8-7-13-6-3-2-4-11-10(12)5-9-15-11/h5,9,13H,2-4,6-8H2,1H3. The molecule has 2 nitrogen and oxygen atoms in total. The number of ether oxygens (including phenoxy) is 1. The number of rotatable bonds is 8. The van der Waals surface area contributed by atoms with Gasteiger partial charge in [0, 0.05) is 18.5 Å². The van der Waals surface area contributed by atoms with Crippen LogP contribution in [0.4, 0.5) is 0 Å². The number of thiophene rings is 1. The molecule has 1 aromatic heterocycles. The molecule has 0 aliphatic carbocycles. The van der Waals surface area contributed by atoms with Crippen LogP contribution in [0.3, 0.4) is 0 Å². The van der Waals surface area contributed by atoms with Crippen molar-refractivity contribution in [2.24, 2.45) is 0 Å². The maximum atomic E-state index is 6.00. The van der Waals surface area contributed by atoms with Crippen molar-refractivity contribution in [3.63, 3.8) is 0 Å². The zero-order valence-electron chi connectivity index (χ0n) is 9.09. The number of halogens is 1. The molecule has 0 saturated carbocycles. The molecule has 0 amide bonds. The fourth-order valence-electron chi connectivity index (χ4n) is 1.34. The van der Waals surface area contributed by atoms with E-state index in [1.165, 1.54) is 17.7 Å². The first-order chi connectivity index (χ1) is 7.34. The normalized spacial score (nSPS) is 10.8. The van der Waals surface area contributed by atoms with Crippen LogP contribution in [0.15, 0.2) is 11.4 Å². The van der Waals surface area contributed by atoms with Crippen LogP contribution < -0.4 is 5.32 Å². The molecule has 1 aromatic rings. The molecule has 4 heteroatoms. The molecule has 0 saturated heterocycles. The first kappa shape index (κ1) is 13.0. The van der Waals surface area contributed by atoms with Crippen LogP contribution in [0.25, 0.3) is 0 Å². The van der Waals surface area contributed by atoms with E-state index >= 15 is 0 Å². The Morgan fingerprint density at radius 2 is 2.27 bits per heavy atom. The Morgan fingerprint density at radius 1 is 1.40 bits per heavy atom. The van der Waals surface area contributed by atoms with Gasteiger partial charge in [0.25, 0.3) is 0 Å². The van der Waals surface area contributed by atoms with Crippen LogP contribution in [-0.4, -0.2) is 26.8 Å². The van der Waals surface area contributed by atoms with E-state index in [0.29, 0.717) is 0 Å². The minimum atomic E-state index is 0.788. The highest BCUT2D eigenvalue weighted by Gasteiger charge is 2.00. The minimum absolute atomic E-state index is 0.788. The van der Waals surface area contributed by atoms with E-state index in [2.05, 4.69) is 10.7 Å². The third kappa shape index (κ3) is 5.52. The summed E-state index contributed by atoms with van der Waals surface area (Å²) in [6.07, 6.45) is 3.49. The summed E-state index contributed by atoms with van der Waals surface area (Å²) in [6.45, 7) is 2.79. The highest BCUT2D eigenvalue weighted by Crippen LogP contribution is 2.23. The predicted molar refractivity (Wildman–Crippen MR) is 67.0 cm³/mol. The van der Waals surface area contributed by atoms with Gasteiger partial charge >= 0.3 is 0 Å². The summed E-state index contributed by atoms with van der Waals surface area (Å²) in [5, 5.41) is 6.30. The van der Waals surface area contributed by atoms with Gasteiger partial charge in [0.2, 0.25) is 0 Å². The average molecular weight is 248 g/mol. The molecule has 0 radical (unpaired) electrons. The van der Waals surface area contributed by atoms with Gasteiger partial charge in [0.05, 0.1) is 11.6 Å². The summed E-state index contributed by atoms with van der Waals surface area (Å²) in [6, 6.07) is 1.97. The van der Waals surface area contributed by atoms with E-state index in [0.717, 1.165) is 31.1 Å². The first-order valence-corrected chi connectivity index (χ1v) is 6.52. The van der Waals surface area contributed by atoms with Crippen LogP contribution in [0.1, 0.15) is 17.7 Å². The predicted octanol–water partition coefficient (Wildman–Crippen LogP) is 2.96. The van der Waals surface area contributed by atoms with Crippen molar-refractivity contribution in [2.75, 3.05) is 26.8 Å². The number of methoxy groups -OCH3 is 1. The van der Waals surface area contributed by atoms with Crippen molar-refractivity contribution in [2.45, 2.75) is 19.3 Å². The second kappa shape index (κ2) is 8.11. The minimum Gasteiger partial charge on any atom is -0.383 e. The van der Waals surface area contributed by atoms with Gasteiger partial charge < -0.3 is 10.1 Å². The molecule has 1 heterocycles. The van der Waals surface area contributed by atoms with Gasteiger partial charge in [-0.3, -0.25) is 0 Å². The maximum absolute atomic E-state index is 6.00. The third-order valence-electron chi connectivity index (χ3n) is 2.18. The van der Waals surface area contributed by atoms with Gasteiger partial charge in [-0.25, -0.2) is 0 Å². The quantitative estimate of drug-likeness (QED) is 0.714. The Hall–Kier alpha value is -0.0900. The Bertz CT molecular complexity index is 265. The third-order valence-corrected chi connectivity index (χ3v) is 3.63. The zero-order chi connectivity index (χ0) is 10.9. The second-order valence-corrected chi connectivity index (χ2v) is 4.80. The lowest BCUT2D eigenvalue weighted by Crippen LogP contribution is -2.20. The van der Waals surface area contributed by atoms with Crippen molar-refractivity contribution < 1.29 is 4.74 Å². The number of aryl methyl sites for hydroxylation is 1. The van der Waals surface area contributed by atoms with E-state index in [9.17, 15) is 0 Å². The second-order valence-electron chi connectivity index (χ2n) is 3.39. The van der Waals surface area contributed by atoms with E-state index < -0.39 is 0 Å². The Labute approximate surface area is 101 Å². The highest BCUT2D eigenvalue weighted by molar-refractivity contribution is 7.10. The lowest BCUT2D eigenvalue weighted by atomic mass is 10.2. The topological polar surface area (TPSA) is 21.3 Å². The first-order valence-electron chi connectivity index (χ1n) is 5.26. The summed E-state index contributed by atoms with van der Waals surface area (Å²) >= 11 is 7.75. The fraction of sp³-hybridized carbons (Fsp3) is 0.636. The molecule has 0 atom stereocenters. The number of unbranched alkanes of at least 4 members (excludes halogenated alkanes) is 1. The molecule has 0 aliphatic rings. The fourth-order valence-corrected chi connectivity index (χ4v) is 2.52. The summed E-state index contributed by atoms with van der Waals surface area (Å²) in [5.74, 6) is 0. The lowest BCUT2D eigenvalue weighted by molar-refractivity contribution is 0.199. The molecule has 86 valence electrons. The summed E-state index contributed by atoms with van der Waals surface area (Å²) < 4.78 is 4.94. The van der Waals surface area contributed by atoms with Crippen LogP contribution >= 0.6 is 22.9 Å². The maximum Gasteiger partial charge on any atom is 0.0587 e. The molecular weight excluding hydrogens is 230 g/mol. The van der Waals surface area contributed by atoms with Crippen molar-refractivity contribution in [3.8, 4) is 0 Å². The molecule has 1 N–H and O–H groups in total. The van der Waals surface area contributed by atoms with Crippen molar-refractivity contribution in [1.82, 2.24) is 5.32 Å². The molecule has 0 aliphatic heterocycles. The highest BCUT2D eigenvalue weighted by atomic mass is 35.5. The van der Waals surface area contributed by atoms with Crippen LogP contribution in [0.5, 0.6) is 0 Å². The van der Waals surface area contributed by atoms with Gasteiger partial charge in [0.1, 0.15) is 0 Å². The van der Waals surface area contributed by atoms with Crippen LogP contribution in [-0.2, 0) is 11.2 Å². The van der Waals surface area contributed by atoms with E-state index in [4.69, 9.17) is 16.3 Å². The summed E-state index contributed by atoms with van der Waals surface area (Å²) in [4.78, 5) is 1.31. The smallest absolute Gasteiger partial charge is 0.0587 e. The molecule has 1 rings (SSSR count). The van der Waals surface area contributed by atoms with Crippen molar-refractivity contribution >= 4 is 22.9 Å². The molecular formula is C11H18ClNOS. The van der Waals surface area contributed by atoms with Crippen molar-refractivity contribution in [3.05, 3.63) is 21.3 Å². The largest absolute Gasteiger partial charge is 0.383 e. The molecule has 0 unspecified atom stereocenters. The average Bonchev–Trinajstić information content (AvgIpc) is 2.63. The SMILES string of the molecule is COCCNCCCCc1sccc1Cl. The van der Waals surface area contributed by atoms with E-state index in [-0.39, 0.29) is 0 Å². The van der Waals surface area contributed by atoms with Gasteiger partial charge in [0.15, 0.2) is 0 Å². The van der Waals surface area contributed by atoms with Crippen molar-refractivity contribution in [1.29, 1.82) is 0 Å². The van der Waals surface area contributed by atoms with E-state index in [1.54, 1.807) is 18.4 Å². The summed E-state index contributed by atoms with van der Waals surface area (Å²) in [7, 11) is 1.72.